The summed E-state index contributed by atoms with van der Waals surface area (Å²) in [4.78, 5) is 0. The van der Waals surface area contributed by atoms with Gasteiger partial charge in [0.2, 0.25) is 0 Å². The van der Waals surface area contributed by atoms with Gasteiger partial charge in [-0.1, -0.05) is 12.1 Å². The quantitative estimate of drug-likeness (QED) is 0.683. The van der Waals surface area contributed by atoms with Crippen LogP contribution in [0.15, 0.2) is 24.3 Å². The molecule has 72 valence electrons. The second kappa shape index (κ2) is 4.84. The minimum Gasteiger partial charge on any atom is -0.399 e. The van der Waals surface area contributed by atoms with Crippen molar-refractivity contribution in [2.45, 2.75) is 19.6 Å². The molecule has 0 radical (unpaired) electrons. The number of anilines is 1. The SMILES string of the molecule is CC(N)COCc1cccc(N)c1. The molecular formula is C10H16N2O. The van der Waals surface area contributed by atoms with E-state index < -0.39 is 0 Å². The van der Waals surface area contributed by atoms with Crippen LogP contribution in [0.25, 0.3) is 0 Å². The summed E-state index contributed by atoms with van der Waals surface area (Å²) >= 11 is 0. The van der Waals surface area contributed by atoms with E-state index in [0.717, 1.165) is 11.3 Å². The molecule has 0 saturated heterocycles. The fourth-order valence-corrected chi connectivity index (χ4v) is 1.05. The van der Waals surface area contributed by atoms with E-state index in [0.29, 0.717) is 13.2 Å². The molecule has 1 atom stereocenters. The lowest BCUT2D eigenvalue weighted by molar-refractivity contribution is 0.111. The Morgan fingerprint density at radius 3 is 2.85 bits per heavy atom. The van der Waals surface area contributed by atoms with Crippen molar-refractivity contribution in [3.05, 3.63) is 29.8 Å². The molecule has 0 fully saturated rings. The molecule has 0 bridgehead atoms. The molecule has 3 heteroatoms. The molecule has 3 nitrogen and oxygen atoms in total. The fourth-order valence-electron chi connectivity index (χ4n) is 1.05. The van der Waals surface area contributed by atoms with Crippen LogP contribution in [-0.4, -0.2) is 12.6 Å². The summed E-state index contributed by atoms with van der Waals surface area (Å²) in [7, 11) is 0. The molecule has 13 heavy (non-hydrogen) atoms. The highest BCUT2D eigenvalue weighted by Crippen LogP contribution is 2.07. The van der Waals surface area contributed by atoms with Crippen molar-refractivity contribution in [1.29, 1.82) is 0 Å². The minimum atomic E-state index is 0.0843. The molecule has 0 aliphatic rings. The molecular weight excluding hydrogens is 164 g/mol. The van der Waals surface area contributed by atoms with Crippen molar-refractivity contribution in [3.63, 3.8) is 0 Å². The molecule has 1 aromatic rings. The fraction of sp³-hybridized carbons (Fsp3) is 0.400. The van der Waals surface area contributed by atoms with E-state index in [2.05, 4.69) is 0 Å². The van der Waals surface area contributed by atoms with Gasteiger partial charge in [-0.25, -0.2) is 0 Å². The summed E-state index contributed by atoms with van der Waals surface area (Å²) in [5.74, 6) is 0. The van der Waals surface area contributed by atoms with Gasteiger partial charge in [-0.3, -0.25) is 0 Å². The van der Waals surface area contributed by atoms with Crippen molar-refractivity contribution in [2.24, 2.45) is 5.73 Å². The van der Waals surface area contributed by atoms with Gasteiger partial charge in [0.15, 0.2) is 0 Å². The molecule has 1 rings (SSSR count). The van der Waals surface area contributed by atoms with Crippen LogP contribution in [-0.2, 0) is 11.3 Å². The van der Waals surface area contributed by atoms with Gasteiger partial charge in [0.1, 0.15) is 0 Å². The lowest BCUT2D eigenvalue weighted by Crippen LogP contribution is -2.21. The Kier molecular flexibility index (Phi) is 3.73. The van der Waals surface area contributed by atoms with Crippen LogP contribution in [0.4, 0.5) is 5.69 Å². The molecule has 0 aromatic heterocycles. The molecule has 0 amide bonds. The summed E-state index contributed by atoms with van der Waals surface area (Å²) in [6, 6.07) is 7.74. The van der Waals surface area contributed by atoms with E-state index in [1.807, 2.05) is 31.2 Å². The van der Waals surface area contributed by atoms with Crippen LogP contribution in [0.5, 0.6) is 0 Å². The molecule has 0 aliphatic heterocycles. The third-order valence-electron chi connectivity index (χ3n) is 1.60. The Hall–Kier alpha value is -1.06. The number of rotatable bonds is 4. The van der Waals surface area contributed by atoms with E-state index >= 15 is 0 Å². The van der Waals surface area contributed by atoms with Crippen molar-refractivity contribution in [3.8, 4) is 0 Å². The summed E-state index contributed by atoms with van der Waals surface area (Å²) in [5.41, 5.74) is 13.0. The zero-order valence-corrected chi connectivity index (χ0v) is 7.86. The predicted octanol–water partition coefficient (Wildman–Crippen LogP) is 1.13. The Morgan fingerprint density at radius 1 is 1.46 bits per heavy atom. The van der Waals surface area contributed by atoms with Gasteiger partial charge in [-0.05, 0) is 24.6 Å². The van der Waals surface area contributed by atoms with Gasteiger partial charge in [-0.15, -0.1) is 0 Å². The van der Waals surface area contributed by atoms with Crippen LogP contribution in [0.2, 0.25) is 0 Å². The summed E-state index contributed by atoms with van der Waals surface area (Å²) < 4.78 is 5.36. The Morgan fingerprint density at radius 2 is 2.23 bits per heavy atom. The third-order valence-corrected chi connectivity index (χ3v) is 1.60. The second-order valence-corrected chi connectivity index (χ2v) is 3.24. The largest absolute Gasteiger partial charge is 0.399 e. The average molecular weight is 180 g/mol. The first kappa shape index (κ1) is 10.0. The van der Waals surface area contributed by atoms with E-state index in [9.17, 15) is 0 Å². The second-order valence-electron chi connectivity index (χ2n) is 3.24. The van der Waals surface area contributed by atoms with Gasteiger partial charge in [0.05, 0.1) is 13.2 Å². The topological polar surface area (TPSA) is 61.3 Å². The molecule has 0 saturated carbocycles. The highest BCUT2D eigenvalue weighted by Gasteiger charge is 1.96. The number of hydrogen-bond acceptors (Lipinski definition) is 3. The normalized spacial score (nSPS) is 12.8. The van der Waals surface area contributed by atoms with Crippen LogP contribution in [0, 0.1) is 0 Å². The standard InChI is InChI=1S/C10H16N2O/c1-8(11)6-13-7-9-3-2-4-10(12)5-9/h2-5,8H,6-7,11-12H2,1H3. The maximum atomic E-state index is 5.61. The number of nitrogen functional groups attached to an aromatic ring is 1. The summed E-state index contributed by atoms with van der Waals surface area (Å²) in [5, 5.41) is 0. The van der Waals surface area contributed by atoms with Crippen molar-refractivity contribution in [2.75, 3.05) is 12.3 Å². The molecule has 0 spiro atoms. The number of benzene rings is 1. The van der Waals surface area contributed by atoms with E-state index in [4.69, 9.17) is 16.2 Å². The maximum absolute atomic E-state index is 5.61. The highest BCUT2D eigenvalue weighted by molar-refractivity contribution is 5.40. The molecule has 0 heterocycles. The van der Waals surface area contributed by atoms with Gasteiger partial charge in [-0.2, -0.15) is 0 Å². The zero-order valence-electron chi connectivity index (χ0n) is 7.86. The zero-order chi connectivity index (χ0) is 9.68. The van der Waals surface area contributed by atoms with Gasteiger partial charge in [0, 0.05) is 11.7 Å². The van der Waals surface area contributed by atoms with E-state index in [-0.39, 0.29) is 6.04 Å². The average Bonchev–Trinajstić information content (AvgIpc) is 2.03. The minimum absolute atomic E-state index is 0.0843. The van der Waals surface area contributed by atoms with Crippen molar-refractivity contribution >= 4 is 5.69 Å². The van der Waals surface area contributed by atoms with Crippen molar-refractivity contribution < 1.29 is 4.74 Å². The third kappa shape index (κ3) is 3.92. The molecule has 4 N–H and O–H groups in total. The Labute approximate surface area is 78.7 Å². The lowest BCUT2D eigenvalue weighted by Gasteiger charge is -2.07. The highest BCUT2D eigenvalue weighted by atomic mass is 16.5. The number of ether oxygens (including phenoxy) is 1. The summed E-state index contributed by atoms with van der Waals surface area (Å²) in [6.45, 7) is 3.07. The van der Waals surface area contributed by atoms with E-state index in [1.54, 1.807) is 0 Å². The Bertz CT molecular complexity index is 261. The van der Waals surface area contributed by atoms with Crippen LogP contribution in [0.1, 0.15) is 12.5 Å². The van der Waals surface area contributed by atoms with E-state index in [1.165, 1.54) is 0 Å². The van der Waals surface area contributed by atoms with Crippen LogP contribution in [0.3, 0.4) is 0 Å². The van der Waals surface area contributed by atoms with Gasteiger partial charge < -0.3 is 16.2 Å². The maximum Gasteiger partial charge on any atom is 0.0718 e. The predicted molar refractivity (Wildman–Crippen MR) is 54.2 cm³/mol. The lowest BCUT2D eigenvalue weighted by atomic mass is 10.2. The number of nitrogens with two attached hydrogens (primary N) is 2. The van der Waals surface area contributed by atoms with Crippen LogP contribution < -0.4 is 11.5 Å². The summed E-state index contributed by atoms with van der Waals surface area (Å²) in [6.07, 6.45) is 0. The van der Waals surface area contributed by atoms with Crippen molar-refractivity contribution in [1.82, 2.24) is 0 Å². The van der Waals surface area contributed by atoms with Gasteiger partial charge >= 0.3 is 0 Å². The molecule has 0 aliphatic carbocycles. The smallest absolute Gasteiger partial charge is 0.0718 e. The monoisotopic (exact) mass is 180 g/mol. The molecule has 1 unspecified atom stereocenters. The van der Waals surface area contributed by atoms with Gasteiger partial charge in [0.25, 0.3) is 0 Å². The first-order valence-electron chi connectivity index (χ1n) is 4.36. The molecule has 1 aromatic carbocycles. The van der Waals surface area contributed by atoms with Crippen LogP contribution >= 0.6 is 0 Å². The Balaban J connectivity index is 2.37. The number of hydrogen-bond donors (Lipinski definition) is 2. The first-order valence-corrected chi connectivity index (χ1v) is 4.36. The first-order chi connectivity index (χ1) is 6.18.